The van der Waals surface area contributed by atoms with E-state index in [1.807, 2.05) is 36.4 Å². The summed E-state index contributed by atoms with van der Waals surface area (Å²) >= 11 is 0. The topological polar surface area (TPSA) is 51.0 Å². The molecule has 1 fully saturated rings. The summed E-state index contributed by atoms with van der Waals surface area (Å²) in [5.41, 5.74) is 1.46. The van der Waals surface area contributed by atoms with Crippen LogP contribution in [0.25, 0.3) is 16.6 Å². The molecule has 2 aromatic heterocycles. The lowest BCUT2D eigenvalue weighted by atomic mass is 10.2. The fraction of sp³-hybridized carbons (Fsp3) is 0.235. The first-order valence-corrected chi connectivity index (χ1v) is 7.52. The Hall–Kier alpha value is -2.69. The number of fused-ring (bicyclic) bond motifs is 1. The molecule has 0 unspecified atom stereocenters. The molecule has 0 atom stereocenters. The van der Waals surface area contributed by atoms with Gasteiger partial charge in [-0.25, -0.2) is 9.97 Å². The van der Waals surface area contributed by atoms with E-state index >= 15 is 0 Å². The molecule has 3 aromatic rings. The van der Waals surface area contributed by atoms with Gasteiger partial charge in [0.05, 0.1) is 10.9 Å². The van der Waals surface area contributed by atoms with E-state index in [0.29, 0.717) is 10.9 Å². The Balaban J connectivity index is 1.83. The highest BCUT2D eigenvalue weighted by molar-refractivity contribution is 5.78. The molecule has 3 heterocycles. The van der Waals surface area contributed by atoms with Gasteiger partial charge in [-0.3, -0.25) is 9.36 Å². The number of para-hydroxylation sites is 1. The number of hydrogen-bond donors (Lipinski definition) is 0. The van der Waals surface area contributed by atoms with E-state index in [4.69, 9.17) is 0 Å². The molecule has 0 radical (unpaired) electrons. The monoisotopic (exact) mass is 292 g/mol. The number of hydrogen-bond acceptors (Lipinski definition) is 4. The number of nitrogens with zero attached hydrogens (tertiary/aromatic N) is 4. The van der Waals surface area contributed by atoms with Gasteiger partial charge >= 0.3 is 0 Å². The van der Waals surface area contributed by atoms with Crippen molar-refractivity contribution >= 4 is 16.9 Å². The highest BCUT2D eigenvalue weighted by Crippen LogP contribution is 2.18. The van der Waals surface area contributed by atoms with E-state index in [1.165, 1.54) is 12.8 Å². The molecule has 0 aliphatic carbocycles. The number of pyridine rings is 1. The fourth-order valence-electron chi connectivity index (χ4n) is 2.88. The minimum absolute atomic E-state index is 0.0864. The highest BCUT2D eigenvalue weighted by Gasteiger charge is 2.16. The zero-order valence-electron chi connectivity index (χ0n) is 12.1. The van der Waals surface area contributed by atoms with Crippen LogP contribution in [0.4, 0.5) is 5.95 Å². The Bertz CT molecular complexity index is 867. The maximum Gasteiger partial charge on any atom is 0.266 e. The van der Waals surface area contributed by atoms with Crippen LogP contribution in [-0.4, -0.2) is 27.6 Å². The molecule has 0 bridgehead atoms. The van der Waals surface area contributed by atoms with Gasteiger partial charge in [0.2, 0.25) is 5.95 Å². The van der Waals surface area contributed by atoms with Crippen molar-refractivity contribution in [2.75, 3.05) is 18.0 Å². The molecular formula is C17H16N4O. The third-order valence-corrected chi connectivity index (χ3v) is 4.06. The summed E-state index contributed by atoms with van der Waals surface area (Å²) < 4.78 is 1.63. The van der Waals surface area contributed by atoms with E-state index in [2.05, 4.69) is 14.9 Å². The maximum absolute atomic E-state index is 12.6. The van der Waals surface area contributed by atoms with Gasteiger partial charge < -0.3 is 4.90 Å². The molecule has 110 valence electrons. The van der Waals surface area contributed by atoms with Gasteiger partial charge in [0.25, 0.3) is 5.56 Å². The van der Waals surface area contributed by atoms with Crippen molar-refractivity contribution in [3.8, 4) is 5.69 Å². The van der Waals surface area contributed by atoms with Gasteiger partial charge in [-0.05, 0) is 31.0 Å². The van der Waals surface area contributed by atoms with E-state index < -0.39 is 0 Å². The summed E-state index contributed by atoms with van der Waals surface area (Å²) in [7, 11) is 0. The van der Waals surface area contributed by atoms with Crippen LogP contribution in [0.5, 0.6) is 0 Å². The average Bonchev–Trinajstić information content (AvgIpc) is 3.10. The fourth-order valence-corrected chi connectivity index (χ4v) is 2.88. The van der Waals surface area contributed by atoms with E-state index in [9.17, 15) is 4.79 Å². The van der Waals surface area contributed by atoms with Gasteiger partial charge in [0.1, 0.15) is 0 Å². The number of benzene rings is 1. The largest absolute Gasteiger partial charge is 0.341 e. The lowest BCUT2D eigenvalue weighted by molar-refractivity contribution is 0.904. The second-order valence-corrected chi connectivity index (χ2v) is 5.49. The smallest absolute Gasteiger partial charge is 0.266 e. The molecule has 5 nitrogen and oxygen atoms in total. The summed E-state index contributed by atoms with van der Waals surface area (Å²) in [5.74, 6) is 0.724. The van der Waals surface area contributed by atoms with E-state index in [0.717, 1.165) is 24.7 Å². The first-order valence-electron chi connectivity index (χ1n) is 7.52. The van der Waals surface area contributed by atoms with Crippen molar-refractivity contribution in [2.24, 2.45) is 0 Å². The molecule has 5 heteroatoms. The van der Waals surface area contributed by atoms with Crippen LogP contribution in [0.3, 0.4) is 0 Å². The van der Waals surface area contributed by atoms with Crippen molar-refractivity contribution in [1.82, 2.24) is 14.5 Å². The quantitative estimate of drug-likeness (QED) is 0.727. The summed E-state index contributed by atoms with van der Waals surface area (Å²) in [5, 5.41) is 0.550. The van der Waals surface area contributed by atoms with Crippen LogP contribution in [-0.2, 0) is 0 Å². The maximum atomic E-state index is 12.6. The lowest BCUT2D eigenvalue weighted by Gasteiger charge is -2.15. The van der Waals surface area contributed by atoms with Gasteiger partial charge in [-0.15, -0.1) is 0 Å². The van der Waals surface area contributed by atoms with Gasteiger partial charge in [0.15, 0.2) is 0 Å². The first-order chi connectivity index (χ1) is 10.8. The third-order valence-electron chi connectivity index (χ3n) is 4.06. The molecule has 22 heavy (non-hydrogen) atoms. The van der Waals surface area contributed by atoms with Crippen LogP contribution >= 0.6 is 0 Å². The molecule has 1 aliphatic heterocycles. The molecule has 1 saturated heterocycles. The Morgan fingerprint density at radius 2 is 1.77 bits per heavy atom. The van der Waals surface area contributed by atoms with Crippen LogP contribution in [0, 0.1) is 0 Å². The first kappa shape index (κ1) is 13.0. The Labute approximate surface area is 127 Å². The highest BCUT2D eigenvalue weighted by atomic mass is 16.1. The Morgan fingerprint density at radius 3 is 2.55 bits per heavy atom. The molecule has 0 spiro atoms. The minimum atomic E-state index is -0.0864. The number of rotatable bonds is 2. The second-order valence-electron chi connectivity index (χ2n) is 5.49. The summed E-state index contributed by atoms with van der Waals surface area (Å²) in [6.45, 7) is 1.99. The van der Waals surface area contributed by atoms with Crippen LogP contribution < -0.4 is 10.5 Å². The molecule has 0 amide bonds. The van der Waals surface area contributed by atoms with Crippen LogP contribution in [0.2, 0.25) is 0 Å². The van der Waals surface area contributed by atoms with Crippen molar-refractivity contribution in [2.45, 2.75) is 12.8 Å². The third kappa shape index (κ3) is 2.15. The Kier molecular flexibility index (Phi) is 3.11. The predicted molar refractivity (Wildman–Crippen MR) is 86.6 cm³/mol. The summed E-state index contributed by atoms with van der Waals surface area (Å²) in [4.78, 5) is 23.7. The van der Waals surface area contributed by atoms with Crippen molar-refractivity contribution in [1.29, 1.82) is 0 Å². The SMILES string of the molecule is O=c1c2cnc(N3CCCC3)nc2ccn1-c1ccccc1. The molecule has 1 aromatic carbocycles. The average molecular weight is 292 g/mol. The van der Waals surface area contributed by atoms with Crippen LogP contribution in [0.1, 0.15) is 12.8 Å². The van der Waals surface area contributed by atoms with Crippen molar-refractivity contribution in [3.05, 3.63) is 59.1 Å². The molecule has 0 saturated carbocycles. The summed E-state index contributed by atoms with van der Waals surface area (Å²) in [6, 6.07) is 11.5. The zero-order chi connectivity index (χ0) is 14.9. The normalized spacial score (nSPS) is 14.6. The van der Waals surface area contributed by atoms with Crippen LogP contribution in [0.15, 0.2) is 53.6 Å². The van der Waals surface area contributed by atoms with E-state index in [-0.39, 0.29) is 5.56 Å². The predicted octanol–water partition coefficient (Wildman–Crippen LogP) is 2.38. The molecule has 1 aliphatic rings. The van der Waals surface area contributed by atoms with E-state index in [1.54, 1.807) is 17.0 Å². The second kappa shape index (κ2) is 5.26. The van der Waals surface area contributed by atoms with Gasteiger partial charge in [-0.1, -0.05) is 18.2 Å². The van der Waals surface area contributed by atoms with Crippen molar-refractivity contribution in [3.63, 3.8) is 0 Å². The zero-order valence-corrected chi connectivity index (χ0v) is 12.1. The summed E-state index contributed by atoms with van der Waals surface area (Å²) in [6.07, 6.45) is 5.78. The minimum Gasteiger partial charge on any atom is -0.341 e. The molecule has 0 N–H and O–H groups in total. The Morgan fingerprint density at radius 1 is 1.00 bits per heavy atom. The number of aromatic nitrogens is 3. The standard InChI is InChI=1S/C17H16N4O/c22-16-14-12-18-17(20-9-4-5-10-20)19-15(14)8-11-21(16)13-6-2-1-3-7-13/h1-3,6-8,11-12H,4-5,9-10H2. The molecular weight excluding hydrogens is 276 g/mol. The lowest BCUT2D eigenvalue weighted by Crippen LogP contribution is -2.22. The van der Waals surface area contributed by atoms with Crippen molar-refractivity contribution < 1.29 is 0 Å². The van der Waals surface area contributed by atoms with Gasteiger partial charge in [-0.2, -0.15) is 0 Å². The van der Waals surface area contributed by atoms with Gasteiger partial charge in [0, 0.05) is 31.2 Å². The molecule has 4 rings (SSSR count). The number of anilines is 1.